The molecule has 0 spiro atoms. The number of hydroxylamine groups is 2. The molecule has 0 radical (unpaired) electrons. The Bertz CT molecular complexity index is 284. The van der Waals surface area contributed by atoms with Gasteiger partial charge >= 0.3 is 0 Å². The third-order valence-electron chi connectivity index (χ3n) is 2.97. The SMILES string of the molecule is C=CS(=O)OC1CC(C)(C)N(O)C(C)(C)C1. The summed E-state index contributed by atoms with van der Waals surface area (Å²) in [6, 6.07) is 0. The fourth-order valence-corrected chi connectivity index (χ4v) is 2.90. The first kappa shape index (κ1) is 13.8. The summed E-state index contributed by atoms with van der Waals surface area (Å²) in [5.41, 5.74) is -0.754. The maximum Gasteiger partial charge on any atom is 0.181 e. The van der Waals surface area contributed by atoms with E-state index in [1.54, 1.807) is 0 Å². The van der Waals surface area contributed by atoms with Crippen molar-refractivity contribution in [3.63, 3.8) is 0 Å². The molecule has 0 aromatic rings. The Labute approximate surface area is 99.9 Å². The molecule has 0 aromatic carbocycles. The van der Waals surface area contributed by atoms with E-state index in [1.807, 2.05) is 27.7 Å². The Hall–Kier alpha value is -0.230. The van der Waals surface area contributed by atoms with Crippen LogP contribution in [-0.4, -0.2) is 31.7 Å². The number of piperidine rings is 1. The molecule has 16 heavy (non-hydrogen) atoms. The molecule has 1 aliphatic heterocycles. The minimum atomic E-state index is -1.44. The molecule has 1 unspecified atom stereocenters. The highest BCUT2D eigenvalue weighted by Gasteiger charge is 2.45. The molecule has 1 fully saturated rings. The molecule has 0 amide bonds. The monoisotopic (exact) mass is 247 g/mol. The van der Waals surface area contributed by atoms with E-state index in [-0.39, 0.29) is 17.2 Å². The van der Waals surface area contributed by atoms with Crippen molar-refractivity contribution < 1.29 is 13.6 Å². The maximum atomic E-state index is 11.3. The minimum absolute atomic E-state index is 0.118. The quantitative estimate of drug-likeness (QED) is 0.831. The Morgan fingerprint density at radius 3 is 2.19 bits per heavy atom. The number of hydrogen-bond donors (Lipinski definition) is 1. The van der Waals surface area contributed by atoms with Gasteiger partial charge in [-0.05, 0) is 40.5 Å². The molecule has 1 aliphatic rings. The van der Waals surface area contributed by atoms with E-state index in [0.29, 0.717) is 12.8 Å². The highest BCUT2D eigenvalue weighted by atomic mass is 32.2. The lowest BCUT2D eigenvalue weighted by Crippen LogP contribution is -2.60. The van der Waals surface area contributed by atoms with Gasteiger partial charge in [-0.2, -0.15) is 5.06 Å². The zero-order valence-electron chi connectivity index (χ0n) is 10.4. The van der Waals surface area contributed by atoms with E-state index in [1.165, 1.54) is 10.5 Å². The van der Waals surface area contributed by atoms with Crippen molar-refractivity contribution in [3.05, 3.63) is 12.0 Å². The predicted molar refractivity (Wildman–Crippen MR) is 64.2 cm³/mol. The molecule has 1 N–H and O–H groups in total. The average Bonchev–Trinajstić information content (AvgIpc) is 2.13. The van der Waals surface area contributed by atoms with Gasteiger partial charge in [0.15, 0.2) is 11.1 Å². The zero-order valence-corrected chi connectivity index (χ0v) is 11.2. The normalized spacial score (nSPS) is 27.6. The molecular formula is C11H21NO3S. The largest absolute Gasteiger partial charge is 0.313 e. The molecule has 1 saturated heterocycles. The van der Waals surface area contributed by atoms with Crippen LogP contribution in [0.3, 0.4) is 0 Å². The minimum Gasteiger partial charge on any atom is -0.313 e. The van der Waals surface area contributed by atoms with Crippen molar-refractivity contribution >= 4 is 11.1 Å². The van der Waals surface area contributed by atoms with E-state index >= 15 is 0 Å². The van der Waals surface area contributed by atoms with Gasteiger partial charge in [-0.25, -0.2) is 4.21 Å². The molecular weight excluding hydrogens is 226 g/mol. The third-order valence-corrected chi connectivity index (χ3v) is 3.70. The van der Waals surface area contributed by atoms with Crippen LogP contribution in [-0.2, 0) is 15.3 Å². The van der Waals surface area contributed by atoms with Crippen molar-refractivity contribution in [2.24, 2.45) is 0 Å². The smallest absolute Gasteiger partial charge is 0.181 e. The van der Waals surface area contributed by atoms with E-state index in [4.69, 9.17) is 4.18 Å². The molecule has 0 saturated carbocycles. The van der Waals surface area contributed by atoms with Crippen LogP contribution in [0.2, 0.25) is 0 Å². The third kappa shape index (κ3) is 2.91. The Kier molecular flexibility index (Phi) is 3.95. The van der Waals surface area contributed by atoms with Gasteiger partial charge in [0, 0.05) is 16.5 Å². The van der Waals surface area contributed by atoms with Crippen LogP contribution in [0, 0.1) is 0 Å². The van der Waals surface area contributed by atoms with Crippen LogP contribution in [0.4, 0.5) is 0 Å². The van der Waals surface area contributed by atoms with Gasteiger partial charge in [0.1, 0.15) is 0 Å². The lowest BCUT2D eigenvalue weighted by molar-refractivity contribution is -0.254. The Morgan fingerprint density at radius 1 is 1.38 bits per heavy atom. The van der Waals surface area contributed by atoms with Crippen LogP contribution >= 0.6 is 0 Å². The summed E-state index contributed by atoms with van der Waals surface area (Å²) in [4.78, 5) is 0. The molecule has 5 heteroatoms. The first-order valence-electron chi connectivity index (χ1n) is 5.38. The number of rotatable bonds is 3. The van der Waals surface area contributed by atoms with Crippen molar-refractivity contribution in [2.75, 3.05) is 0 Å². The zero-order chi connectivity index (χ0) is 12.6. The van der Waals surface area contributed by atoms with Crippen LogP contribution in [0.15, 0.2) is 12.0 Å². The first-order chi connectivity index (χ1) is 7.19. The molecule has 0 aromatic heterocycles. The number of nitrogens with zero attached hydrogens (tertiary/aromatic N) is 1. The summed E-state index contributed by atoms with van der Waals surface area (Å²) in [6.45, 7) is 11.2. The Balaban J connectivity index is 2.78. The first-order valence-corrected chi connectivity index (χ1v) is 6.52. The van der Waals surface area contributed by atoms with Crippen molar-refractivity contribution in [1.29, 1.82) is 0 Å². The summed E-state index contributed by atoms with van der Waals surface area (Å²) < 4.78 is 16.7. The van der Waals surface area contributed by atoms with E-state index in [9.17, 15) is 9.42 Å². The topological polar surface area (TPSA) is 49.8 Å². The van der Waals surface area contributed by atoms with Gasteiger partial charge in [0.2, 0.25) is 0 Å². The lowest BCUT2D eigenvalue weighted by atomic mass is 9.80. The fourth-order valence-electron chi connectivity index (χ4n) is 2.42. The van der Waals surface area contributed by atoms with Gasteiger partial charge < -0.3 is 5.21 Å². The van der Waals surface area contributed by atoms with Gasteiger partial charge in [-0.15, -0.1) is 0 Å². The van der Waals surface area contributed by atoms with E-state index in [0.717, 1.165) is 0 Å². The molecule has 0 aliphatic carbocycles. The summed E-state index contributed by atoms with van der Waals surface area (Å²) in [6.07, 6.45) is 1.17. The average molecular weight is 247 g/mol. The molecule has 0 bridgehead atoms. The van der Waals surface area contributed by atoms with E-state index < -0.39 is 11.1 Å². The van der Waals surface area contributed by atoms with Crippen LogP contribution in [0.5, 0.6) is 0 Å². The standard InChI is InChI=1S/C11H21NO3S/c1-6-16(14)15-9-7-10(2,3)12(13)11(4,5)8-9/h6,9,13H,1,7-8H2,2-5H3. The Morgan fingerprint density at radius 2 is 1.81 bits per heavy atom. The van der Waals surface area contributed by atoms with E-state index in [2.05, 4.69) is 6.58 Å². The molecule has 4 nitrogen and oxygen atoms in total. The maximum absolute atomic E-state index is 11.3. The fraction of sp³-hybridized carbons (Fsp3) is 0.818. The lowest BCUT2D eigenvalue weighted by Gasteiger charge is -2.50. The van der Waals surface area contributed by atoms with Gasteiger partial charge in [-0.3, -0.25) is 4.18 Å². The van der Waals surface area contributed by atoms with Crippen molar-refractivity contribution in [3.8, 4) is 0 Å². The van der Waals surface area contributed by atoms with Gasteiger partial charge in [0.25, 0.3) is 0 Å². The summed E-state index contributed by atoms with van der Waals surface area (Å²) in [5.74, 6) is 0. The molecule has 1 rings (SSSR count). The van der Waals surface area contributed by atoms with Gasteiger partial charge in [-0.1, -0.05) is 6.58 Å². The van der Waals surface area contributed by atoms with Crippen molar-refractivity contribution in [2.45, 2.75) is 57.7 Å². The number of hydrogen-bond acceptors (Lipinski definition) is 4. The molecule has 94 valence electrons. The summed E-state index contributed by atoms with van der Waals surface area (Å²) in [5, 5.41) is 12.7. The molecule has 1 heterocycles. The van der Waals surface area contributed by atoms with Crippen LogP contribution in [0.25, 0.3) is 0 Å². The highest BCUT2D eigenvalue weighted by molar-refractivity contribution is 7.83. The van der Waals surface area contributed by atoms with Gasteiger partial charge in [0.05, 0.1) is 6.10 Å². The summed E-state index contributed by atoms with van der Waals surface area (Å²) >= 11 is -1.44. The second-order valence-electron chi connectivity index (χ2n) is 5.49. The second kappa shape index (κ2) is 4.56. The second-order valence-corrected chi connectivity index (χ2v) is 6.54. The highest BCUT2D eigenvalue weighted by Crippen LogP contribution is 2.38. The summed E-state index contributed by atoms with van der Waals surface area (Å²) in [7, 11) is 0. The predicted octanol–water partition coefficient (Wildman–Crippen LogP) is 2.22. The van der Waals surface area contributed by atoms with Crippen molar-refractivity contribution in [1.82, 2.24) is 5.06 Å². The van der Waals surface area contributed by atoms with Crippen LogP contribution < -0.4 is 0 Å². The van der Waals surface area contributed by atoms with Crippen LogP contribution in [0.1, 0.15) is 40.5 Å². The molecule has 1 atom stereocenters.